The van der Waals surface area contributed by atoms with Gasteiger partial charge in [0, 0.05) is 11.8 Å². The SMILES string of the molecule is COC(=O)c1cnn2c1CN(C(=O)Nc1ccc(F)c(F)c1)[C@@H](C)C2. The van der Waals surface area contributed by atoms with Crippen molar-refractivity contribution in [3.8, 4) is 0 Å². The maximum atomic E-state index is 13.3. The smallest absolute Gasteiger partial charge is 0.341 e. The summed E-state index contributed by atoms with van der Waals surface area (Å²) in [6.45, 7) is 2.37. The van der Waals surface area contributed by atoms with Gasteiger partial charge in [-0.3, -0.25) is 4.68 Å². The van der Waals surface area contributed by atoms with Crippen LogP contribution in [0, 0.1) is 11.6 Å². The van der Waals surface area contributed by atoms with Gasteiger partial charge in [0.25, 0.3) is 0 Å². The van der Waals surface area contributed by atoms with Crippen molar-refractivity contribution in [1.29, 1.82) is 0 Å². The zero-order valence-electron chi connectivity index (χ0n) is 13.6. The molecular formula is C16H16F2N4O3. The van der Waals surface area contributed by atoms with Crippen LogP contribution >= 0.6 is 0 Å². The highest BCUT2D eigenvalue weighted by Crippen LogP contribution is 2.22. The highest BCUT2D eigenvalue weighted by molar-refractivity contribution is 5.92. The Kier molecular flexibility index (Phi) is 4.39. The zero-order chi connectivity index (χ0) is 18.1. The van der Waals surface area contributed by atoms with E-state index in [0.717, 1.165) is 12.1 Å². The Balaban J connectivity index is 1.80. The number of benzene rings is 1. The number of rotatable bonds is 2. The van der Waals surface area contributed by atoms with E-state index in [1.165, 1.54) is 24.3 Å². The van der Waals surface area contributed by atoms with E-state index in [9.17, 15) is 18.4 Å². The van der Waals surface area contributed by atoms with E-state index in [0.29, 0.717) is 17.8 Å². The van der Waals surface area contributed by atoms with Gasteiger partial charge in [-0.1, -0.05) is 0 Å². The lowest BCUT2D eigenvalue weighted by Crippen LogP contribution is -2.47. The second kappa shape index (κ2) is 6.50. The Morgan fingerprint density at radius 2 is 2.08 bits per heavy atom. The van der Waals surface area contributed by atoms with E-state index in [1.54, 1.807) is 4.68 Å². The number of esters is 1. The molecule has 2 heterocycles. The number of anilines is 1. The first kappa shape index (κ1) is 16.9. The topological polar surface area (TPSA) is 76.5 Å². The van der Waals surface area contributed by atoms with Crippen LogP contribution in [0.4, 0.5) is 19.3 Å². The molecule has 3 rings (SSSR count). The number of hydrogen-bond donors (Lipinski definition) is 1. The van der Waals surface area contributed by atoms with Crippen molar-refractivity contribution in [2.75, 3.05) is 12.4 Å². The summed E-state index contributed by atoms with van der Waals surface area (Å²) in [6.07, 6.45) is 1.41. The van der Waals surface area contributed by atoms with Gasteiger partial charge in [0.05, 0.1) is 38.1 Å². The fraction of sp³-hybridized carbons (Fsp3) is 0.312. The molecule has 0 bridgehead atoms. The molecule has 25 heavy (non-hydrogen) atoms. The van der Waals surface area contributed by atoms with Gasteiger partial charge in [-0.25, -0.2) is 18.4 Å². The Bertz CT molecular complexity index is 837. The molecule has 132 valence electrons. The van der Waals surface area contributed by atoms with Crippen molar-refractivity contribution in [2.45, 2.75) is 26.1 Å². The number of hydrogen-bond acceptors (Lipinski definition) is 4. The summed E-state index contributed by atoms with van der Waals surface area (Å²) in [7, 11) is 1.27. The van der Waals surface area contributed by atoms with E-state index in [2.05, 4.69) is 10.4 Å². The Morgan fingerprint density at radius 1 is 1.32 bits per heavy atom. The number of nitrogens with one attached hydrogen (secondary N) is 1. The third kappa shape index (κ3) is 3.17. The summed E-state index contributed by atoms with van der Waals surface area (Å²) >= 11 is 0. The van der Waals surface area contributed by atoms with Gasteiger partial charge in [-0.05, 0) is 19.1 Å². The van der Waals surface area contributed by atoms with Crippen molar-refractivity contribution >= 4 is 17.7 Å². The van der Waals surface area contributed by atoms with Crippen LogP contribution in [0.25, 0.3) is 0 Å². The highest BCUT2D eigenvalue weighted by atomic mass is 19.2. The molecule has 2 aromatic rings. The summed E-state index contributed by atoms with van der Waals surface area (Å²) in [5.41, 5.74) is 0.994. The third-order valence-corrected chi connectivity index (χ3v) is 4.08. The lowest BCUT2D eigenvalue weighted by molar-refractivity contribution is 0.0595. The summed E-state index contributed by atoms with van der Waals surface area (Å²) < 4.78 is 32.6. The maximum absolute atomic E-state index is 13.3. The number of methoxy groups -OCH3 is 1. The minimum atomic E-state index is -1.05. The van der Waals surface area contributed by atoms with Gasteiger partial charge in [-0.15, -0.1) is 0 Å². The molecule has 0 unspecified atom stereocenters. The first-order valence-electron chi connectivity index (χ1n) is 7.56. The normalized spacial score (nSPS) is 16.3. The zero-order valence-corrected chi connectivity index (χ0v) is 13.6. The Hall–Kier alpha value is -2.97. The largest absolute Gasteiger partial charge is 0.465 e. The summed E-state index contributed by atoms with van der Waals surface area (Å²) in [6, 6.07) is 2.43. The van der Waals surface area contributed by atoms with E-state index in [4.69, 9.17) is 4.74 Å². The molecule has 0 saturated heterocycles. The van der Waals surface area contributed by atoms with Crippen LogP contribution in [0.3, 0.4) is 0 Å². The minimum absolute atomic E-state index is 0.140. The molecule has 0 fully saturated rings. The van der Waals surface area contributed by atoms with Gasteiger partial charge in [0.1, 0.15) is 5.56 Å². The van der Waals surface area contributed by atoms with Crippen LogP contribution in [-0.4, -0.2) is 39.8 Å². The van der Waals surface area contributed by atoms with Crippen LogP contribution in [0.15, 0.2) is 24.4 Å². The first-order chi connectivity index (χ1) is 11.9. The van der Waals surface area contributed by atoms with E-state index in [1.807, 2.05) is 6.92 Å². The predicted octanol–water partition coefficient (Wildman–Crippen LogP) is 2.38. The van der Waals surface area contributed by atoms with Crippen LogP contribution in [0.5, 0.6) is 0 Å². The number of halogens is 2. The van der Waals surface area contributed by atoms with Crippen LogP contribution in [0.2, 0.25) is 0 Å². The number of carbonyl (C=O) groups excluding carboxylic acids is 2. The second-order valence-electron chi connectivity index (χ2n) is 5.71. The van der Waals surface area contributed by atoms with Crippen molar-refractivity contribution < 1.29 is 23.1 Å². The van der Waals surface area contributed by atoms with Crippen molar-refractivity contribution in [3.63, 3.8) is 0 Å². The van der Waals surface area contributed by atoms with Gasteiger partial charge in [0.15, 0.2) is 11.6 Å². The lowest BCUT2D eigenvalue weighted by Gasteiger charge is -2.34. The molecule has 1 N–H and O–H groups in total. The van der Waals surface area contributed by atoms with Gasteiger partial charge in [0.2, 0.25) is 0 Å². The van der Waals surface area contributed by atoms with Crippen molar-refractivity contribution in [1.82, 2.24) is 14.7 Å². The number of aromatic nitrogens is 2. The standard InChI is InChI=1S/C16H16F2N4O3/c1-9-7-22-14(11(6-19-22)15(23)25-2)8-21(9)16(24)20-10-3-4-12(17)13(18)5-10/h3-6,9H,7-8H2,1-2H3,(H,20,24)/t9-/m0/s1. The number of nitrogens with zero attached hydrogens (tertiary/aromatic N) is 3. The number of amides is 2. The fourth-order valence-corrected chi connectivity index (χ4v) is 2.72. The van der Waals surface area contributed by atoms with Crippen LogP contribution in [0.1, 0.15) is 23.0 Å². The predicted molar refractivity (Wildman–Crippen MR) is 83.9 cm³/mol. The van der Waals surface area contributed by atoms with Gasteiger partial charge >= 0.3 is 12.0 Å². The van der Waals surface area contributed by atoms with Crippen molar-refractivity contribution in [3.05, 3.63) is 47.3 Å². The number of carbonyl (C=O) groups is 2. The van der Waals surface area contributed by atoms with E-state index >= 15 is 0 Å². The molecule has 1 aromatic carbocycles. The number of ether oxygens (including phenoxy) is 1. The average Bonchev–Trinajstić information content (AvgIpc) is 2.99. The van der Waals surface area contributed by atoms with E-state index in [-0.39, 0.29) is 18.3 Å². The van der Waals surface area contributed by atoms with Gasteiger partial charge < -0.3 is 15.0 Å². The molecule has 2 amide bonds. The number of fused-ring (bicyclic) bond motifs is 1. The molecule has 0 radical (unpaired) electrons. The Morgan fingerprint density at radius 3 is 2.76 bits per heavy atom. The Labute approximate surface area is 142 Å². The first-order valence-corrected chi connectivity index (χ1v) is 7.56. The molecule has 0 spiro atoms. The third-order valence-electron chi connectivity index (χ3n) is 4.08. The molecule has 7 nitrogen and oxygen atoms in total. The highest BCUT2D eigenvalue weighted by Gasteiger charge is 2.31. The minimum Gasteiger partial charge on any atom is -0.465 e. The molecule has 1 aliphatic heterocycles. The molecule has 0 aliphatic carbocycles. The second-order valence-corrected chi connectivity index (χ2v) is 5.71. The van der Waals surface area contributed by atoms with Crippen molar-refractivity contribution in [2.24, 2.45) is 0 Å². The lowest BCUT2D eigenvalue weighted by atomic mass is 10.1. The quantitative estimate of drug-likeness (QED) is 0.844. The number of urea groups is 1. The molecule has 1 aromatic heterocycles. The summed E-state index contributed by atoms with van der Waals surface area (Å²) in [5.74, 6) is -2.57. The fourth-order valence-electron chi connectivity index (χ4n) is 2.72. The van der Waals surface area contributed by atoms with Crippen LogP contribution < -0.4 is 5.32 Å². The van der Waals surface area contributed by atoms with Crippen LogP contribution in [-0.2, 0) is 17.8 Å². The molecule has 1 atom stereocenters. The summed E-state index contributed by atoms with van der Waals surface area (Å²) in [5, 5.41) is 6.67. The molecule has 1 aliphatic rings. The summed E-state index contributed by atoms with van der Waals surface area (Å²) in [4.78, 5) is 25.8. The molecule has 0 saturated carbocycles. The van der Waals surface area contributed by atoms with Gasteiger partial charge in [-0.2, -0.15) is 5.10 Å². The molecule has 9 heteroatoms. The monoisotopic (exact) mass is 350 g/mol. The average molecular weight is 350 g/mol. The maximum Gasteiger partial charge on any atom is 0.341 e. The van der Waals surface area contributed by atoms with E-state index < -0.39 is 23.6 Å². The molecular weight excluding hydrogens is 334 g/mol.